The molecule has 2 heterocycles. The second-order valence-electron chi connectivity index (χ2n) is 6.21. The van der Waals surface area contributed by atoms with Crippen LogP contribution in [-0.2, 0) is 16.0 Å². The maximum atomic E-state index is 11.9. The molecule has 0 atom stereocenters. The topological polar surface area (TPSA) is 55.9 Å². The lowest BCUT2D eigenvalue weighted by Gasteiger charge is -2.32. The average Bonchev–Trinajstić information content (AvgIpc) is 2.58. The Labute approximate surface area is 137 Å². The lowest BCUT2D eigenvalue weighted by atomic mass is 10.1. The molecule has 23 heavy (non-hydrogen) atoms. The molecule has 0 radical (unpaired) electrons. The maximum absolute atomic E-state index is 11.9. The van der Waals surface area contributed by atoms with Gasteiger partial charge < -0.3 is 15.1 Å². The van der Waals surface area contributed by atoms with Gasteiger partial charge in [-0.3, -0.25) is 14.5 Å². The van der Waals surface area contributed by atoms with Crippen LogP contribution in [0, 0.1) is 0 Å². The van der Waals surface area contributed by atoms with Crippen LogP contribution in [0.15, 0.2) is 24.3 Å². The highest BCUT2D eigenvalue weighted by molar-refractivity contribution is 6.02. The summed E-state index contributed by atoms with van der Waals surface area (Å²) >= 11 is 0. The van der Waals surface area contributed by atoms with Crippen LogP contribution >= 0.6 is 0 Å². The molecule has 3 rings (SSSR count). The Morgan fingerprint density at radius 1 is 1.09 bits per heavy atom. The van der Waals surface area contributed by atoms with Crippen molar-refractivity contribution < 1.29 is 9.59 Å². The molecule has 2 amide bonds. The third kappa shape index (κ3) is 3.89. The Balaban J connectivity index is 1.62. The van der Waals surface area contributed by atoms with Gasteiger partial charge in [0.25, 0.3) is 0 Å². The van der Waals surface area contributed by atoms with Gasteiger partial charge in [0, 0.05) is 45.5 Å². The normalized spacial score (nSPS) is 20.2. The molecular weight excluding hydrogens is 292 g/mol. The Hall–Kier alpha value is -1.92. The summed E-state index contributed by atoms with van der Waals surface area (Å²) in [5.74, 6) is -0.292. The van der Waals surface area contributed by atoms with E-state index >= 15 is 0 Å². The van der Waals surface area contributed by atoms with E-state index in [1.165, 1.54) is 10.5 Å². The fourth-order valence-corrected chi connectivity index (χ4v) is 3.05. The molecule has 1 aromatic carbocycles. The summed E-state index contributed by atoms with van der Waals surface area (Å²) in [6.07, 6.45) is 0.990. The van der Waals surface area contributed by atoms with Crippen LogP contribution in [-0.4, -0.2) is 74.5 Å². The van der Waals surface area contributed by atoms with Gasteiger partial charge >= 0.3 is 0 Å². The number of carbonyl (C=O) groups is 2. The van der Waals surface area contributed by atoms with Crippen LogP contribution in [0.3, 0.4) is 0 Å². The molecule has 0 bridgehead atoms. The summed E-state index contributed by atoms with van der Waals surface area (Å²) in [6.45, 7) is 5.90. The summed E-state index contributed by atoms with van der Waals surface area (Å²) < 4.78 is 0. The van der Waals surface area contributed by atoms with Gasteiger partial charge in [0.15, 0.2) is 0 Å². The van der Waals surface area contributed by atoms with Gasteiger partial charge in [-0.05, 0) is 24.1 Å². The number of imide groups is 1. The van der Waals surface area contributed by atoms with E-state index in [9.17, 15) is 9.59 Å². The van der Waals surface area contributed by atoms with Gasteiger partial charge in [0.05, 0.1) is 13.1 Å². The number of likely N-dealkylation sites (N-methyl/N-ethyl adjacent to an activating group) is 1. The molecule has 0 unspecified atom stereocenters. The van der Waals surface area contributed by atoms with E-state index in [1.807, 2.05) is 17.0 Å². The number of piperazine rings is 2. The Morgan fingerprint density at radius 3 is 2.48 bits per heavy atom. The lowest BCUT2D eigenvalue weighted by molar-refractivity contribution is -0.143. The summed E-state index contributed by atoms with van der Waals surface area (Å²) in [6, 6.07) is 8.20. The minimum atomic E-state index is -0.146. The van der Waals surface area contributed by atoms with Crippen molar-refractivity contribution in [2.75, 3.05) is 57.8 Å². The molecule has 0 aromatic heterocycles. The molecule has 2 aliphatic rings. The maximum Gasteiger partial charge on any atom is 0.248 e. The molecule has 6 heteroatoms. The van der Waals surface area contributed by atoms with Gasteiger partial charge in [-0.25, -0.2) is 0 Å². The smallest absolute Gasteiger partial charge is 0.248 e. The average molecular weight is 316 g/mol. The minimum absolute atomic E-state index is 0.146. The van der Waals surface area contributed by atoms with E-state index in [1.54, 1.807) is 7.05 Å². The molecule has 2 saturated heterocycles. The SMILES string of the molecule is CN1C(=O)CN(c2cccc(CCN3CCNCC3)c2)CC1=O. The number of hydrogen-bond donors (Lipinski definition) is 1. The van der Waals surface area contributed by atoms with Gasteiger partial charge in [0.2, 0.25) is 11.8 Å². The van der Waals surface area contributed by atoms with Crippen molar-refractivity contribution in [3.63, 3.8) is 0 Å². The number of nitrogens with zero attached hydrogens (tertiary/aromatic N) is 3. The predicted octanol–water partition coefficient (Wildman–Crippen LogP) is -0.0607. The van der Waals surface area contributed by atoms with Gasteiger partial charge in [0.1, 0.15) is 0 Å². The molecule has 0 spiro atoms. The van der Waals surface area contributed by atoms with E-state index in [2.05, 4.69) is 22.3 Å². The van der Waals surface area contributed by atoms with Crippen LogP contribution < -0.4 is 10.2 Å². The number of rotatable bonds is 4. The van der Waals surface area contributed by atoms with Crippen molar-refractivity contribution in [2.45, 2.75) is 6.42 Å². The Bertz CT molecular complexity index is 566. The first kappa shape index (κ1) is 16.0. The van der Waals surface area contributed by atoms with Crippen molar-refractivity contribution in [2.24, 2.45) is 0 Å². The molecule has 6 nitrogen and oxygen atoms in total. The minimum Gasteiger partial charge on any atom is -0.353 e. The number of nitrogens with one attached hydrogen (secondary N) is 1. The quantitative estimate of drug-likeness (QED) is 0.789. The number of anilines is 1. The second-order valence-corrected chi connectivity index (χ2v) is 6.21. The molecule has 0 saturated carbocycles. The summed E-state index contributed by atoms with van der Waals surface area (Å²) in [5.41, 5.74) is 2.21. The highest BCUT2D eigenvalue weighted by Gasteiger charge is 2.28. The number of amides is 2. The zero-order valence-corrected chi connectivity index (χ0v) is 13.6. The zero-order chi connectivity index (χ0) is 16.2. The third-order valence-electron chi connectivity index (χ3n) is 4.60. The highest BCUT2D eigenvalue weighted by Crippen LogP contribution is 2.19. The van der Waals surface area contributed by atoms with E-state index in [4.69, 9.17) is 0 Å². The fourth-order valence-electron chi connectivity index (χ4n) is 3.05. The molecule has 1 N–H and O–H groups in total. The molecule has 2 aliphatic heterocycles. The lowest BCUT2D eigenvalue weighted by Crippen LogP contribution is -2.52. The molecule has 0 aliphatic carbocycles. The van der Waals surface area contributed by atoms with Gasteiger partial charge in [-0.1, -0.05) is 12.1 Å². The first-order valence-electron chi connectivity index (χ1n) is 8.20. The first-order chi connectivity index (χ1) is 11.1. The molecule has 1 aromatic rings. The predicted molar refractivity (Wildman–Crippen MR) is 89.4 cm³/mol. The number of hydrogen-bond acceptors (Lipinski definition) is 5. The monoisotopic (exact) mass is 316 g/mol. The summed E-state index contributed by atoms with van der Waals surface area (Å²) in [7, 11) is 1.55. The van der Waals surface area contributed by atoms with Crippen LogP contribution in [0.2, 0.25) is 0 Å². The summed E-state index contributed by atoms with van der Waals surface area (Å²) in [5, 5.41) is 3.36. The summed E-state index contributed by atoms with van der Waals surface area (Å²) in [4.78, 5) is 29.2. The molecule has 124 valence electrons. The van der Waals surface area contributed by atoms with Gasteiger partial charge in [-0.15, -0.1) is 0 Å². The molecule has 2 fully saturated rings. The Kier molecular flexibility index (Phi) is 4.93. The third-order valence-corrected chi connectivity index (χ3v) is 4.60. The van der Waals surface area contributed by atoms with E-state index in [-0.39, 0.29) is 24.9 Å². The van der Waals surface area contributed by atoms with Crippen LogP contribution in [0.4, 0.5) is 5.69 Å². The zero-order valence-electron chi connectivity index (χ0n) is 13.6. The van der Waals surface area contributed by atoms with Crippen molar-refractivity contribution >= 4 is 17.5 Å². The number of carbonyl (C=O) groups excluding carboxylic acids is 2. The number of benzene rings is 1. The van der Waals surface area contributed by atoms with E-state index in [0.717, 1.165) is 44.8 Å². The molecular formula is C17H24N4O2. The van der Waals surface area contributed by atoms with Crippen molar-refractivity contribution in [3.8, 4) is 0 Å². The second kappa shape index (κ2) is 7.10. The van der Waals surface area contributed by atoms with Crippen LogP contribution in [0.5, 0.6) is 0 Å². The Morgan fingerprint density at radius 2 is 1.78 bits per heavy atom. The first-order valence-corrected chi connectivity index (χ1v) is 8.20. The van der Waals surface area contributed by atoms with Crippen LogP contribution in [0.25, 0.3) is 0 Å². The van der Waals surface area contributed by atoms with Gasteiger partial charge in [-0.2, -0.15) is 0 Å². The van der Waals surface area contributed by atoms with Crippen molar-refractivity contribution in [1.29, 1.82) is 0 Å². The van der Waals surface area contributed by atoms with E-state index in [0.29, 0.717) is 0 Å². The van der Waals surface area contributed by atoms with E-state index < -0.39 is 0 Å². The van der Waals surface area contributed by atoms with Crippen LogP contribution in [0.1, 0.15) is 5.56 Å². The standard InChI is InChI=1S/C17H24N4O2/c1-19-16(22)12-21(13-17(19)23)15-4-2-3-14(11-15)5-8-20-9-6-18-7-10-20/h2-4,11,18H,5-10,12-13H2,1H3. The highest BCUT2D eigenvalue weighted by atomic mass is 16.2. The largest absolute Gasteiger partial charge is 0.353 e. The van der Waals surface area contributed by atoms with Crippen molar-refractivity contribution in [1.82, 2.24) is 15.1 Å². The fraction of sp³-hybridized carbons (Fsp3) is 0.529. The van der Waals surface area contributed by atoms with Crippen molar-refractivity contribution in [3.05, 3.63) is 29.8 Å².